The maximum Gasteiger partial charge on any atom is 0.246 e. The summed E-state index contributed by atoms with van der Waals surface area (Å²) in [6.07, 6.45) is 5.30. The summed E-state index contributed by atoms with van der Waals surface area (Å²) in [5.41, 5.74) is 1.03. The molecule has 1 aliphatic rings. The van der Waals surface area contributed by atoms with E-state index in [-0.39, 0.29) is 18.0 Å². The second-order valence-electron chi connectivity index (χ2n) is 5.35. The summed E-state index contributed by atoms with van der Waals surface area (Å²) in [4.78, 5) is 20.3. The lowest BCUT2D eigenvalue weighted by Crippen LogP contribution is -2.58. The third-order valence-electron chi connectivity index (χ3n) is 3.55. The van der Waals surface area contributed by atoms with Crippen molar-refractivity contribution in [2.24, 2.45) is 0 Å². The molecule has 1 saturated heterocycles. The molecule has 2 atom stereocenters. The van der Waals surface area contributed by atoms with Gasteiger partial charge in [0.1, 0.15) is 0 Å². The lowest BCUT2D eigenvalue weighted by atomic mass is 10.1. The van der Waals surface area contributed by atoms with Crippen molar-refractivity contribution < 1.29 is 4.79 Å². The predicted molar refractivity (Wildman–Crippen MR) is 74.5 cm³/mol. The van der Waals surface area contributed by atoms with Crippen molar-refractivity contribution >= 4 is 5.91 Å². The number of aryl methyl sites for hydroxylation is 1. The van der Waals surface area contributed by atoms with Gasteiger partial charge < -0.3 is 9.47 Å². The van der Waals surface area contributed by atoms with E-state index in [0.29, 0.717) is 0 Å². The summed E-state index contributed by atoms with van der Waals surface area (Å²) >= 11 is 0. The fourth-order valence-corrected chi connectivity index (χ4v) is 2.87. The first-order valence-corrected chi connectivity index (χ1v) is 6.66. The van der Waals surface area contributed by atoms with E-state index in [9.17, 15) is 4.79 Å². The van der Waals surface area contributed by atoms with E-state index in [4.69, 9.17) is 0 Å². The van der Waals surface area contributed by atoms with Crippen LogP contribution in [0.2, 0.25) is 0 Å². The largest absolute Gasteiger partial charge is 0.331 e. The number of hydrogen-bond donors (Lipinski definition) is 0. The Morgan fingerprint density at radius 3 is 2.58 bits per heavy atom. The molecule has 1 aliphatic heterocycles. The van der Waals surface area contributed by atoms with Crippen molar-refractivity contribution in [2.75, 3.05) is 13.1 Å². The molecule has 5 heteroatoms. The van der Waals surface area contributed by atoms with Gasteiger partial charge in [0.2, 0.25) is 5.91 Å². The standard InChI is InChI=1S/C14H22N4O/c1-5-14(19)18-12(3)7-16(8-13(18)4)10-17-6-11(2)15-9-17/h5-6,9,12-13H,1,7-8,10H2,2-4H3/t12-,13+. The molecule has 1 fully saturated rings. The number of hydrogen-bond acceptors (Lipinski definition) is 3. The van der Waals surface area contributed by atoms with Gasteiger partial charge >= 0.3 is 0 Å². The average molecular weight is 262 g/mol. The van der Waals surface area contributed by atoms with Crippen LogP contribution in [0.4, 0.5) is 0 Å². The molecule has 0 aliphatic carbocycles. The van der Waals surface area contributed by atoms with Crippen LogP contribution >= 0.6 is 0 Å². The molecule has 0 saturated carbocycles. The number of imidazole rings is 1. The van der Waals surface area contributed by atoms with Gasteiger partial charge in [0.15, 0.2) is 0 Å². The molecular formula is C14H22N4O. The van der Waals surface area contributed by atoms with Gasteiger partial charge in [-0.1, -0.05) is 6.58 Å². The van der Waals surface area contributed by atoms with Crippen molar-refractivity contribution in [1.29, 1.82) is 0 Å². The Morgan fingerprint density at radius 1 is 1.47 bits per heavy atom. The number of carbonyl (C=O) groups excluding carboxylic acids is 1. The highest BCUT2D eigenvalue weighted by molar-refractivity contribution is 5.87. The van der Waals surface area contributed by atoms with Crippen LogP contribution in [-0.2, 0) is 11.5 Å². The number of rotatable bonds is 3. The number of carbonyl (C=O) groups is 1. The maximum absolute atomic E-state index is 11.8. The van der Waals surface area contributed by atoms with Gasteiger partial charge in [0.05, 0.1) is 18.7 Å². The van der Waals surface area contributed by atoms with Crippen LogP contribution in [-0.4, -0.2) is 50.4 Å². The molecule has 104 valence electrons. The SMILES string of the molecule is C=CC(=O)N1[C@H](C)CN(Cn2cnc(C)c2)C[C@@H]1C. The molecule has 0 N–H and O–H groups in total. The molecule has 5 nitrogen and oxygen atoms in total. The van der Waals surface area contributed by atoms with Crippen LogP contribution in [0.1, 0.15) is 19.5 Å². The van der Waals surface area contributed by atoms with Crippen LogP contribution in [0.15, 0.2) is 25.2 Å². The third kappa shape index (κ3) is 3.04. The second kappa shape index (κ2) is 5.57. The zero-order valence-corrected chi connectivity index (χ0v) is 11.9. The van der Waals surface area contributed by atoms with Crippen LogP contribution in [0, 0.1) is 6.92 Å². The zero-order valence-electron chi connectivity index (χ0n) is 11.9. The van der Waals surface area contributed by atoms with Gasteiger partial charge in [-0.2, -0.15) is 0 Å². The van der Waals surface area contributed by atoms with Crippen LogP contribution < -0.4 is 0 Å². The van der Waals surface area contributed by atoms with E-state index in [2.05, 4.69) is 34.9 Å². The molecule has 1 aromatic rings. The molecule has 0 unspecified atom stereocenters. The minimum atomic E-state index is 0.0260. The first-order valence-electron chi connectivity index (χ1n) is 6.66. The normalized spacial score (nSPS) is 24.5. The molecule has 2 rings (SSSR count). The number of nitrogens with zero attached hydrogens (tertiary/aromatic N) is 4. The Morgan fingerprint density at radius 2 is 2.11 bits per heavy atom. The Balaban J connectivity index is 2.01. The van der Waals surface area contributed by atoms with Crippen LogP contribution in [0.25, 0.3) is 0 Å². The number of amides is 1. The fourth-order valence-electron chi connectivity index (χ4n) is 2.87. The highest BCUT2D eigenvalue weighted by Gasteiger charge is 2.31. The highest BCUT2D eigenvalue weighted by atomic mass is 16.2. The summed E-state index contributed by atoms with van der Waals surface area (Å²) in [7, 11) is 0. The number of piperazine rings is 1. The molecule has 19 heavy (non-hydrogen) atoms. The topological polar surface area (TPSA) is 41.4 Å². The monoisotopic (exact) mass is 262 g/mol. The van der Waals surface area contributed by atoms with E-state index in [1.807, 2.05) is 24.3 Å². The molecule has 0 radical (unpaired) electrons. The lowest BCUT2D eigenvalue weighted by Gasteiger charge is -2.44. The average Bonchev–Trinajstić information content (AvgIpc) is 2.73. The summed E-state index contributed by atoms with van der Waals surface area (Å²) in [5.74, 6) is 0.0260. The molecule has 2 heterocycles. The smallest absolute Gasteiger partial charge is 0.246 e. The van der Waals surface area contributed by atoms with Crippen molar-refractivity contribution in [2.45, 2.75) is 39.5 Å². The third-order valence-corrected chi connectivity index (χ3v) is 3.55. The van der Waals surface area contributed by atoms with Gasteiger partial charge in [-0.05, 0) is 26.8 Å². The summed E-state index contributed by atoms with van der Waals surface area (Å²) in [6.45, 7) is 12.3. The summed E-state index contributed by atoms with van der Waals surface area (Å²) < 4.78 is 2.08. The van der Waals surface area contributed by atoms with Gasteiger partial charge in [-0.3, -0.25) is 9.69 Å². The Labute approximate surface area is 114 Å². The van der Waals surface area contributed by atoms with E-state index in [1.165, 1.54) is 6.08 Å². The van der Waals surface area contributed by atoms with Gasteiger partial charge in [0.25, 0.3) is 0 Å². The minimum Gasteiger partial charge on any atom is -0.331 e. The molecule has 0 bridgehead atoms. The maximum atomic E-state index is 11.8. The van der Waals surface area contributed by atoms with E-state index in [0.717, 1.165) is 25.5 Å². The van der Waals surface area contributed by atoms with Crippen molar-refractivity contribution in [1.82, 2.24) is 19.4 Å². The van der Waals surface area contributed by atoms with Crippen LogP contribution in [0.3, 0.4) is 0 Å². The lowest BCUT2D eigenvalue weighted by molar-refractivity contribution is -0.134. The molecule has 1 aromatic heterocycles. The Kier molecular flexibility index (Phi) is 4.04. The van der Waals surface area contributed by atoms with Crippen molar-refractivity contribution in [3.63, 3.8) is 0 Å². The molecule has 0 aromatic carbocycles. The van der Waals surface area contributed by atoms with E-state index >= 15 is 0 Å². The first kappa shape index (κ1) is 13.8. The highest BCUT2D eigenvalue weighted by Crippen LogP contribution is 2.17. The second-order valence-corrected chi connectivity index (χ2v) is 5.35. The minimum absolute atomic E-state index is 0.0260. The Bertz CT molecular complexity index is 456. The molecular weight excluding hydrogens is 240 g/mol. The molecule has 0 spiro atoms. The first-order chi connectivity index (χ1) is 9.01. The summed E-state index contributed by atoms with van der Waals surface area (Å²) in [5, 5.41) is 0. The predicted octanol–water partition coefficient (Wildman–Crippen LogP) is 1.26. The quantitative estimate of drug-likeness (QED) is 0.770. The fraction of sp³-hybridized carbons (Fsp3) is 0.571. The van der Waals surface area contributed by atoms with Crippen LogP contribution in [0.5, 0.6) is 0 Å². The zero-order chi connectivity index (χ0) is 14.0. The Hall–Kier alpha value is -1.62. The van der Waals surface area contributed by atoms with E-state index in [1.54, 1.807) is 0 Å². The number of aromatic nitrogens is 2. The van der Waals surface area contributed by atoms with Crippen molar-refractivity contribution in [3.8, 4) is 0 Å². The molecule has 1 amide bonds. The van der Waals surface area contributed by atoms with Crippen molar-refractivity contribution in [3.05, 3.63) is 30.9 Å². The van der Waals surface area contributed by atoms with Gasteiger partial charge in [-0.15, -0.1) is 0 Å². The van der Waals surface area contributed by atoms with Gasteiger partial charge in [-0.25, -0.2) is 4.98 Å². The summed E-state index contributed by atoms with van der Waals surface area (Å²) in [6, 6.07) is 0.415. The van der Waals surface area contributed by atoms with Gasteiger partial charge in [0, 0.05) is 31.4 Å². The van der Waals surface area contributed by atoms with E-state index < -0.39 is 0 Å².